The van der Waals surface area contributed by atoms with Gasteiger partial charge in [0.05, 0.1) is 25.4 Å². The minimum absolute atomic E-state index is 0.0149. The van der Waals surface area contributed by atoms with Crippen molar-refractivity contribution >= 4 is 11.9 Å². The van der Waals surface area contributed by atoms with Crippen LogP contribution in [0.2, 0.25) is 0 Å². The first-order valence-corrected chi connectivity index (χ1v) is 35.6. The van der Waals surface area contributed by atoms with Gasteiger partial charge in [0.1, 0.15) is 0 Å². The predicted octanol–water partition coefficient (Wildman–Crippen LogP) is 22.9. The molecule has 78 heavy (non-hydrogen) atoms. The SMILES string of the molecule is CCCCCC/C=C\C/C=C\CCCCCCCCCC(=O)OCCCCCCCCCCCCCCCCCCCCCCCCCCCCCCCCCCCC(=O)NC(CO)C(O)CCCCCCCCCCCC. The van der Waals surface area contributed by atoms with Crippen LogP contribution in [0.4, 0.5) is 0 Å². The molecule has 0 radical (unpaired) electrons. The van der Waals surface area contributed by atoms with E-state index in [9.17, 15) is 19.8 Å². The van der Waals surface area contributed by atoms with Crippen molar-refractivity contribution in [3.8, 4) is 0 Å². The monoisotopic (exact) mass is 1100 g/mol. The fraction of sp³-hybridized carbons (Fsp3) is 0.917. The van der Waals surface area contributed by atoms with E-state index in [0.29, 0.717) is 25.9 Å². The lowest BCUT2D eigenvalue weighted by Crippen LogP contribution is -2.45. The van der Waals surface area contributed by atoms with E-state index in [0.717, 1.165) is 51.4 Å². The normalized spacial score (nSPS) is 12.6. The van der Waals surface area contributed by atoms with E-state index in [1.807, 2.05) is 0 Å². The highest BCUT2D eigenvalue weighted by atomic mass is 16.5. The van der Waals surface area contributed by atoms with Crippen LogP contribution in [0.25, 0.3) is 0 Å². The second-order valence-electron chi connectivity index (χ2n) is 24.6. The Labute approximate surface area is 488 Å². The summed E-state index contributed by atoms with van der Waals surface area (Å²) >= 11 is 0. The Kier molecular flexibility index (Phi) is 66.4. The molecule has 0 aromatic rings. The van der Waals surface area contributed by atoms with Crippen molar-refractivity contribution in [2.75, 3.05) is 13.2 Å². The minimum atomic E-state index is -0.658. The lowest BCUT2D eigenvalue weighted by molar-refractivity contribution is -0.143. The number of hydrogen-bond donors (Lipinski definition) is 3. The van der Waals surface area contributed by atoms with Gasteiger partial charge in [-0.15, -0.1) is 0 Å². The van der Waals surface area contributed by atoms with Crippen molar-refractivity contribution in [3.05, 3.63) is 24.3 Å². The molecule has 2 unspecified atom stereocenters. The van der Waals surface area contributed by atoms with E-state index in [1.165, 1.54) is 315 Å². The third kappa shape index (κ3) is 63.5. The van der Waals surface area contributed by atoms with Crippen LogP contribution in [0.5, 0.6) is 0 Å². The molecule has 0 heterocycles. The quantitative estimate of drug-likeness (QED) is 0.0320. The summed E-state index contributed by atoms with van der Waals surface area (Å²) in [6.07, 6.45) is 85.4. The Balaban J connectivity index is 3.28. The number of amides is 1. The minimum Gasteiger partial charge on any atom is -0.466 e. The third-order valence-electron chi connectivity index (χ3n) is 16.8. The summed E-state index contributed by atoms with van der Waals surface area (Å²) in [5.41, 5.74) is 0. The maximum atomic E-state index is 12.4. The molecule has 1 amide bonds. The number of hydrogen-bond acceptors (Lipinski definition) is 5. The molecule has 0 aliphatic heterocycles. The average Bonchev–Trinajstić information content (AvgIpc) is 3.44. The molecule has 0 rings (SSSR count). The number of aliphatic hydroxyl groups excluding tert-OH is 2. The van der Waals surface area contributed by atoms with E-state index in [2.05, 4.69) is 43.5 Å². The second-order valence-corrected chi connectivity index (χ2v) is 24.6. The highest BCUT2D eigenvalue weighted by Gasteiger charge is 2.20. The number of aliphatic hydroxyl groups is 2. The van der Waals surface area contributed by atoms with E-state index in [4.69, 9.17) is 4.74 Å². The van der Waals surface area contributed by atoms with Crippen molar-refractivity contribution in [2.45, 2.75) is 411 Å². The number of allylic oxidation sites excluding steroid dienone is 4. The lowest BCUT2D eigenvalue weighted by atomic mass is 10.0. The zero-order valence-corrected chi connectivity index (χ0v) is 52.9. The Hall–Kier alpha value is -1.66. The molecular formula is C72H139NO5. The average molecular weight is 1100 g/mol. The van der Waals surface area contributed by atoms with Crippen LogP contribution in [-0.4, -0.2) is 47.4 Å². The van der Waals surface area contributed by atoms with Gasteiger partial charge in [-0.25, -0.2) is 0 Å². The van der Waals surface area contributed by atoms with E-state index in [-0.39, 0.29) is 18.5 Å². The molecule has 0 saturated carbocycles. The zero-order chi connectivity index (χ0) is 56.4. The number of carbonyl (C=O) groups excluding carboxylic acids is 2. The van der Waals surface area contributed by atoms with Gasteiger partial charge in [0.2, 0.25) is 5.91 Å². The van der Waals surface area contributed by atoms with Gasteiger partial charge in [0.15, 0.2) is 0 Å². The number of carbonyl (C=O) groups is 2. The van der Waals surface area contributed by atoms with E-state index >= 15 is 0 Å². The number of rotatable bonds is 67. The number of nitrogens with one attached hydrogen (secondary N) is 1. The van der Waals surface area contributed by atoms with Gasteiger partial charge in [-0.3, -0.25) is 9.59 Å². The van der Waals surface area contributed by atoms with Crippen molar-refractivity contribution < 1.29 is 24.5 Å². The molecule has 0 aliphatic carbocycles. The number of unbranched alkanes of at least 4 members (excludes halogenated alkanes) is 52. The molecule has 2 atom stereocenters. The van der Waals surface area contributed by atoms with E-state index in [1.54, 1.807) is 0 Å². The first-order chi connectivity index (χ1) is 38.5. The molecule has 0 bridgehead atoms. The van der Waals surface area contributed by atoms with Crippen LogP contribution >= 0.6 is 0 Å². The number of ether oxygens (including phenoxy) is 1. The van der Waals surface area contributed by atoms with Crippen LogP contribution in [0.15, 0.2) is 24.3 Å². The molecule has 0 aromatic carbocycles. The van der Waals surface area contributed by atoms with Crippen molar-refractivity contribution in [1.29, 1.82) is 0 Å². The summed E-state index contributed by atoms with van der Waals surface area (Å²) in [4.78, 5) is 24.6. The maximum absolute atomic E-state index is 12.4. The van der Waals surface area contributed by atoms with Gasteiger partial charge in [0, 0.05) is 12.8 Å². The molecule has 0 saturated heterocycles. The van der Waals surface area contributed by atoms with Crippen molar-refractivity contribution in [3.63, 3.8) is 0 Å². The Morgan fingerprint density at radius 2 is 0.641 bits per heavy atom. The second kappa shape index (κ2) is 67.8. The molecular weight excluding hydrogens is 959 g/mol. The Morgan fingerprint density at radius 3 is 0.987 bits per heavy atom. The lowest BCUT2D eigenvalue weighted by Gasteiger charge is -2.22. The van der Waals surface area contributed by atoms with E-state index < -0.39 is 12.1 Å². The summed E-state index contributed by atoms with van der Waals surface area (Å²) in [7, 11) is 0. The first-order valence-electron chi connectivity index (χ1n) is 35.6. The number of esters is 1. The summed E-state index contributed by atoms with van der Waals surface area (Å²) < 4.78 is 5.51. The van der Waals surface area contributed by atoms with Gasteiger partial charge in [-0.1, -0.05) is 353 Å². The van der Waals surface area contributed by atoms with Gasteiger partial charge in [-0.05, 0) is 57.8 Å². The van der Waals surface area contributed by atoms with Crippen LogP contribution < -0.4 is 5.32 Å². The largest absolute Gasteiger partial charge is 0.466 e. The van der Waals surface area contributed by atoms with Crippen molar-refractivity contribution in [1.82, 2.24) is 5.32 Å². The van der Waals surface area contributed by atoms with Gasteiger partial charge in [0.25, 0.3) is 0 Å². The molecule has 0 fully saturated rings. The van der Waals surface area contributed by atoms with Crippen LogP contribution in [0, 0.1) is 0 Å². The molecule has 0 spiro atoms. The Morgan fingerprint density at radius 1 is 0.359 bits per heavy atom. The van der Waals surface area contributed by atoms with Gasteiger partial charge >= 0.3 is 5.97 Å². The van der Waals surface area contributed by atoms with Crippen molar-refractivity contribution in [2.24, 2.45) is 0 Å². The molecule has 0 aromatic heterocycles. The highest BCUT2D eigenvalue weighted by Crippen LogP contribution is 2.19. The van der Waals surface area contributed by atoms with Gasteiger partial charge in [-0.2, -0.15) is 0 Å². The van der Waals surface area contributed by atoms with Crippen LogP contribution in [0.3, 0.4) is 0 Å². The standard InChI is InChI=1S/C72H139NO5/c1-3-5-7-9-11-13-15-16-17-18-37-40-43-46-50-54-58-62-66-72(77)78-67-63-59-55-51-47-44-41-38-35-33-31-29-27-25-23-21-19-20-22-24-26-28-30-32-34-36-39-42-45-49-53-57-61-65-71(76)73-69(68-74)70(75)64-60-56-52-48-14-12-10-8-6-4-2/h13,15,17-18,69-70,74-75H,3-12,14,16,19-68H2,1-2H3,(H,73,76)/b15-13-,18-17-. The maximum Gasteiger partial charge on any atom is 0.305 e. The topological polar surface area (TPSA) is 95.9 Å². The smallest absolute Gasteiger partial charge is 0.305 e. The predicted molar refractivity (Wildman–Crippen MR) is 343 cm³/mol. The summed E-state index contributed by atoms with van der Waals surface area (Å²) in [6.45, 7) is 4.95. The molecule has 6 nitrogen and oxygen atoms in total. The zero-order valence-electron chi connectivity index (χ0n) is 52.9. The summed E-state index contributed by atoms with van der Waals surface area (Å²) in [5, 5.41) is 23.2. The molecule has 3 N–H and O–H groups in total. The molecule has 6 heteroatoms. The van der Waals surface area contributed by atoms with Crippen LogP contribution in [-0.2, 0) is 14.3 Å². The Bertz CT molecular complexity index is 1220. The van der Waals surface area contributed by atoms with Crippen LogP contribution in [0.1, 0.15) is 399 Å². The molecule has 0 aliphatic rings. The first kappa shape index (κ1) is 76.3. The molecule has 462 valence electrons. The fourth-order valence-corrected chi connectivity index (χ4v) is 11.3. The summed E-state index contributed by atoms with van der Waals surface area (Å²) in [6, 6.07) is -0.535. The summed E-state index contributed by atoms with van der Waals surface area (Å²) in [5.74, 6) is -0.0151. The third-order valence-corrected chi connectivity index (χ3v) is 16.8. The highest BCUT2D eigenvalue weighted by molar-refractivity contribution is 5.76. The van der Waals surface area contributed by atoms with Gasteiger partial charge < -0.3 is 20.3 Å². The fourth-order valence-electron chi connectivity index (χ4n) is 11.3.